The first-order chi connectivity index (χ1) is 11.0. The minimum Gasteiger partial charge on any atom is -0.384 e. The Bertz CT molecular complexity index is 637. The molecule has 0 saturated carbocycles. The monoisotopic (exact) mass is 316 g/mol. The van der Waals surface area contributed by atoms with Gasteiger partial charge in [-0.2, -0.15) is 0 Å². The predicted molar refractivity (Wildman–Crippen MR) is 92.9 cm³/mol. The molecule has 1 unspecified atom stereocenters. The van der Waals surface area contributed by atoms with Gasteiger partial charge in [-0.15, -0.1) is 0 Å². The molecule has 1 aromatic heterocycles. The van der Waals surface area contributed by atoms with Gasteiger partial charge >= 0.3 is 0 Å². The summed E-state index contributed by atoms with van der Waals surface area (Å²) >= 11 is 0. The van der Waals surface area contributed by atoms with Crippen molar-refractivity contribution in [3.8, 4) is 0 Å². The Morgan fingerprint density at radius 3 is 2.57 bits per heavy atom. The normalized spacial score (nSPS) is 12.3. The van der Waals surface area contributed by atoms with Crippen LogP contribution in [-0.4, -0.2) is 25.6 Å². The van der Waals surface area contributed by atoms with Crippen LogP contribution in [0.15, 0.2) is 30.3 Å². The molecule has 1 heterocycles. The second-order valence-electron chi connectivity index (χ2n) is 5.85. The topological polar surface area (TPSA) is 63.0 Å². The number of halogens is 1. The van der Waals surface area contributed by atoms with Crippen LogP contribution in [0.1, 0.15) is 28.4 Å². The molecule has 124 valence electrons. The zero-order chi connectivity index (χ0) is 16.8. The number of benzene rings is 1. The maximum atomic E-state index is 13.9. The molecule has 0 saturated heterocycles. The minimum absolute atomic E-state index is 0.0854. The van der Waals surface area contributed by atoms with Crippen molar-refractivity contribution in [3.05, 3.63) is 58.5 Å². The molecule has 4 N–H and O–H groups in total. The van der Waals surface area contributed by atoms with E-state index in [1.54, 1.807) is 12.1 Å². The van der Waals surface area contributed by atoms with E-state index in [0.717, 1.165) is 41.8 Å². The van der Waals surface area contributed by atoms with Crippen LogP contribution in [0.5, 0.6) is 0 Å². The number of nitrogens with two attached hydrogens (primary N) is 1. The second-order valence-corrected chi connectivity index (χ2v) is 5.85. The molecular weight excluding hydrogens is 291 g/mol. The SMILES string of the molecule is CNCC(NC)c1cc(F)cc(CCc2cc(C)cc(N)n2)c1. The zero-order valence-corrected chi connectivity index (χ0v) is 14.0. The number of pyridine rings is 1. The van der Waals surface area contributed by atoms with Crippen LogP contribution in [0.3, 0.4) is 0 Å². The molecule has 0 bridgehead atoms. The highest BCUT2D eigenvalue weighted by Crippen LogP contribution is 2.18. The number of nitrogen functional groups attached to an aromatic ring is 1. The average molecular weight is 316 g/mol. The van der Waals surface area contributed by atoms with Crippen LogP contribution < -0.4 is 16.4 Å². The fourth-order valence-electron chi connectivity index (χ4n) is 2.78. The van der Waals surface area contributed by atoms with E-state index < -0.39 is 0 Å². The molecule has 0 aliphatic rings. The predicted octanol–water partition coefficient (Wildman–Crippen LogP) is 2.38. The largest absolute Gasteiger partial charge is 0.384 e. The number of likely N-dealkylation sites (N-methyl/N-ethyl adjacent to an activating group) is 2. The lowest BCUT2D eigenvalue weighted by Gasteiger charge is -2.17. The van der Waals surface area contributed by atoms with Gasteiger partial charge in [-0.25, -0.2) is 9.37 Å². The van der Waals surface area contributed by atoms with Gasteiger partial charge in [-0.3, -0.25) is 0 Å². The van der Waals surface area contributed by atoms with Gasteiger partial charge in [-0.05, 0) is 74.8 Å². The Labute approximate surface area is 137 Å². The molecule has 5 heteroatoms. The van der Waals surface area contributed by atoms with Gasteiger partial charge in [0.2, 0.25) is 0 Å². The van der Waals surface area contributed by atoms with Crippen molar-refractivity contribution in [3.63, 3.8) is 0 Å². The molecule has 0 aliphatic heterocycles. The van der Waals surface area contributed by atoms with Crippen molar-refractivity contribution in [2.45, 2.75) is 25.8 Å². The highest BCUT2D eigenvalue weighted by molar-refractivity contribution is 5.35. The van der Waals surface area contributed by atoms with Gasteiger partial charge < -0.3 is 16.4 Å². The third kappa shape index (κ3) is 5.01. The maximum absolute atomic E-state index is 13.9. The molecule has 2 aromatic rings. The fraction of sp³-hybridized carbons (Fsp3) is 0.389. The molecule has 2 rings (SSSR count). The number of nitrogens with zero attached hydrogens (tertiary/aromatic N) is 1. The molecule has 0 fully saturated rings. The Morgan fingerprint density at radius 2 is 1.91 bits per heavy atom. The number of aryl methyl sites for hydroxylation is 3. The van der Waals surface area contributed by atoms with Gasteiger partial charge in [0.1, 0.15) is 11.6 Å². The van der Waals surface area contributed by atoms with E-state index in [0.29, 0.717) is 5.82 Å². The summed E-state index contributed by atoms with van der Waals surface area (Å²) in [6, 6.07) is 9.19. The quantitative estimate of drug-likeness (QED) is 0.734. The Balaban J connectivity index is 2.14. The standard InChI is InChI=1S/C18H25FN4/c1-12-6-16(23-18(20)7-12)5-4-13-8-14(10-15(19)9-13)17(22-3)11-21-2/h6-10,17,21-22H,4-5,11H2,1-3H3,(H2,20,23). The summed E-state index contributed by atoms with van der Waals surface area (Å²) in [6.07, 6.45) is 1.47. The van der Waals surface area contributed by atoms with Crippen LogP contribution >= 0.6 is 0 Å². The van der Waals surface area contributed by atoms with Gasteiger partial charge in [0, 0.05) is 18.3 Å². The molecule has 23 heavy (non-hydrogen) atoms. The molecule has 1 atom stereocenters. The van der Waals surface area contributed by atoms with E-state index in [2.05, 4.69) is 21.7 Å². The first kappa shape index (κ1) is 17.4. The summed E-state index contributed by atoms with van der Waals surface area (Å²) in [4.78, 5) is 4.34. The van der Waals surface area contributed by atoms with Gasteiger partial charge in [-0.1, -0.05) is 6.07 Å². The van der Waals surface area contributed by atoms with Crippen LogP contribution in [-0.2, 0) is 12.8 Å². The summed E-state index contributed by atoms with van der Waals surface area (Å²) in [5.41, 5.74) is 9.74. The first-order valence-corrected chi connectivity index (χ1v) is 7.86. The third-order valence-corrected chi connectivity index (χ3v) is 3.85. The smallest absolute Gasteiger partial charge is 0.123 e. The molecule has 4 nitrogen and oxygen atoms in total. The van der Waals surface area contributed by atoms with Gasteiger partial charge in [0.05, 0.1) is 0 Å². The molecule has 0 spiro atoms. The maximum Gasteiger partial charge on any atom is 0.123 e. The summed E-state index contributed by atoms with van der Waals surface area (Å²) in [6.45, 7) is 2.74. The van der Waals surface area contributed by atoms with Crippen LogP contribution in [0.25, 0.3) is 0 Å². The highest BCUT2D eigenvalue weighted by atomic mass is 19.1. The van der Waals surface area contributed by atoms with E-state index in [1.165, 1.54) is 0 Å². The van der Waals surface area contributed by atoms with Gasteiger partial charge in [0.15, 0.2) is 0 Å². The zero-order valence-electron chi connectivity index (χ0n) is 14.0. The Kier molecular flexibility index (Phi) is 6.07. The lowest BCUT2D eigenvalue weighted by molar-refractivity contribution is 0.549. The molecule has 0 amide bonds. The van der Waals surface area contributed by atoms with E-state index in [-0.39, 0.29) is 11.9 Å². The average Bonchev–Trinajstić information content (AvgIpc) is 2.49. The number of nitrogens with one attached hydrogen (secondary N) is 2. The van der Waals surface area contributed by atoms with Crippen molar-refractivity contribution < 1.29 is 4.39 Å². The van der Waals surface area contributed by atoms with Crippen LogP contribution in [0.2, 0.25) is 0 Å². The van der Waals surface area contributed by atoms with Crippen molar-refractivity contribution >= 4 is 5.82 Å². The molecular formula is C18H25FN4. The number of anilines is 1. The summed E-state index contributed by atoms with van der Waals surface area (Å²) in [7, 11) is 3.77. The summed E-state index contributed by atoms with van der Waals surface area (Å²) < 4.78 is 13.9. The summed E-state index contributed by atoms with van der Waals surface area (Å²) in [5.74, 6) is 0.328. The number of rotatable bonds is 7. The number of hydrogen-bond donors (Lipinski definition) is 3. The van der Waals surface area contributed by atoms with Crippen molar-refractivity contribution in [2.24, 2.45) is 0 Å². The number of hydrogen-bond acceptors (Lipinski definition) is 4. The van der Waals surface area contributed by atoms with Gasteiger partial charge in [0.25, 0.3) is 0 Å². The van der Waals surface area contributed by atoms with E-state index in [1.807, 2.05) is 33.2 Å². The lowest BCUT2D eigenvalue weighted by atomic mass is 10.00. The van der Waals surface area contributed by atoms with E-state index in [4.69, 9.17) is 5.73 Å². The second kappa shape index (κ2) is 8.04. The van der Waals surface area contributed by atoms with Crippen molar-refractivity contribution in [1.29, 1.82) is 0 Å². The van der Waals surface area contributed by atoms with Crippen LogP contribution in [0.4, 0.5) is 10.2 Å². The number of aromatic nitrogens is 1. The highest BCUT2D eigenvalue weighted by Gasteiger charge is 2.11. The Hall–Kier alpha value is -1.98. The van der Waals surface area contributed by atoms with Crippen LogP contribution in [0, 0.1) is 12.7 Å². The first-order valence-electron chi connectivity index (χ1n) is 7.86. The third-order valence-electron chi connectivity index (χ3n) is 3.85. The van der Waals surface area contributed by atoms with E-state index >= 15 is 0 Å². The van der Waals surface area contributed by atoms with Crippen molar-refractivity contribution in [1.82, 2.24) is 15.6 Å². The Morgan fingerprint density at radius 1 is 1.13 bits per heavy atom. The molecule has 0 aliphatic carbocycles. The molecule has 1 aromatic carbocycles. The fourth-order valence-corrected chi connectivity index (χ4v) is 2.78. The summed E-state index contributed by atoms with van der Waals surface area (Å²) in [5, 5.41) is 6.32. The van der Waals surface area contributed by atoms with E-state index in [9.17, 15) is 4.39 Å². The lowest BCUT2D eigenvalue weighted by Crippen LogP contribution is -2.27. The minimum atomic E-state index is -0.203. The van der Waals surface area contributed by atoms with Crippen molar-refractivity contribution in [2.75, 3.05) is 26.4 Å². The molecule has 0 radical (unpaired) electrons.